The molecule has 0 radical (unpaired) electrons. The third-order valence-electron chi connectivity index (χ3n) is 12.6. The fourth-order valence-corrected chi connectivity index (χ4v) is 10.1. The molecule has 2 N–H and O–H groups in total. The maximum atomic E-state index is 13.0. The van der Waals surface area contributed by atoms with Crippen LogP contribution in [0.2, 0.25) is 5.02 Å². The van der Waals surface area contributed by atoms with Crippen LogP contribution < -0.4 is 19.5 Å². The number of hydrogen-bond donors (Lipinski definition) is 2. The highest BCUT2D eigenvalue weighted by Gasteiger charge is 2.54. The van der Waals surface area contributed by atoms with E-state index in [1.54, 1.807) is 0 Å². The van der Waals surface area contributed by atoms with Gasteiger partial charge in [0.05, 0.1) is 19.8 Å². The number of aromatic nitrogens is 1. The fraction of sp³-hybridized carbons (Fsp3) is 0.571. The lowest BCUT2D eigenvalue weighted by Crippen LogP contribution is -2.53. The Bertz CT molecular complexity index is 1730. The molecule has 1 saturated heterocycles. The zero-order valence-corrected chi connectivity index (χ0v) is 30.7. The van der Waals surface area contributed by atoms with Gasteiger partial charge in [0.2, 0.25) is 0 Å². The Morgan fingerprint density at radius 1 is 1.04 bits per heavy atom. The molecule has 2 unspecified atom stereocenters. The van der Waals surface area contributed by atoms with Crippen molar-refractivity contribution in [2.24, 2.45) is 17.8 Å². The molecule has 2 aliphatic heterocycles. The maximum absolute atomic E-state index is 13.0. The Hall–Kier alpha value is -3.49. The smallest absolute Gasteiger partial charge is 0.329 e. The predicted molar refractivity (Wildman–Crippen MR) is 200 cm³/mol. The molecule has 272 valence electrons. The Morgan fingerprint density at radius 3 is 2.57 bits per heavy atom. The molecular weight excluding hydrogens is 662 g/mol. The molecule has 5 aliphatic rings. The largest absolute Gasteiger partial charge is 0.493 e. The number of halogens is 1. The Morgan fingerprint density at radius 2 is 1.80 bits per heavy atom. The minimum atomic E-state index is -1.06. The van der Waals surface area contributed by atoms with Crippen LogP contribution in [0.5, 0.6) is 17.2 Å². The van der Waals surface area contributed by atoms with Crippen LogP contribution in [0.4, 0.5) is 5.69 Å². The summed E-state index contributed by atoms with van der Waals surface area (Å²) < 4.78 is 19.6. The first kappa shape index (κ1) is 34.6. The molecule has 51 heavy (non-hydrogen) atoms. The number of aliphatic carboxylic acids is 1. The van der Waals surface area contributed by atoms with Gasteiger partial charge in [-0.1, -0.05) is 24.6 Å². The van der Waals surface area contributed by atoms with Gasteiger partial charge in [-0.15, -0.1) is 0 Å². The number of fused-ring (bicyclic) bond motifs is 4. The van der Waals surface area contributed by atoms with E-state index < -0.39 is 11.5 Å². The highest BCUT2D eigenvalue weighted by atomic mass is 35.5. The van der Waals surface area contributed by atoms with Gasteiger partial charge in [-0.2, -0.15) is 0 Å². The predicted octanol–water partition coefficient (Wildman–Crippen LogP) is 8.12. The number of anilines is 1. The molecule has 8 nitrogen and oxygen atoms in total. The van der Waals surface area contributed by atoms with Gasteiger partial charge in [0, 0.05) is 40.6 Å². The van der Waals surface area contributed by atoms with Crippen LogP contribution in [0.25, 0.3) is 0 Å². The summed E-state index contributed by atoms with van der Waals surface area (Å²) in [7, 11) is 0. The first-order valence-corrected chi connectivity index (χ1v) is 19.7. The molecule has 1 aromatic heterocycles. The minimum absolute atomic E-state index is 0.159. The normalized spacial score (nSPS) is 27.7. The molecule has 0 bridgehead atoms. The molecule has 1 spiro atoms. The molecule has 3 aromatic rings. The number of carbonyl (C=O) groups is 1. The number of aryl methyl sites for hydroxylation is 1. The van der Waals surface area contributed by atoms with Crippen molar-refractivity contribution in [3.05, 3.63) is 76.1 Å². The van der Waals surface area contributed by atoms with Crippen molar-refractivity contribution >= 4 is 23.3 Å². The molecule has 2 aromatic carbocycles. The van der Waals surface area contributed by atoms with Crippen molar-refractivity contribution in [3.8, 4) is 17.2 Å². The third kappa shape index (κ3) is 7.03. The van der Waals surface area contributed by atoms with E-state index in [1.165, 1.54) is 61.2 Å². The van der Waals surface area contributed by atoms with Crippen molar-refractivity contribution in [2.45, 2.75) is 94.9 Å². The number of pyridine rings is 1. The molecular formula is C42H52ClN3O5. The van der Waals surface area contributed by atoms with Crippen LogP contribution in [0.3, 0.4) is 0 Å². The molecule has 9 heteroatoms. The number of likely N-dealkylation sites (tertiary alicyclic amines) is 1. The summed E-state index contributed by atoms with van der Waals surface area (Å²) in [5.74, 6) is 2.88. The Kier molecular flexibility index (Phi) is 9.83. The average molecular weight is 714 g/mol. The zero-order valence-electron chi connectivity index (χ0n) is 29.9. The second-order valence-electron chi connectivity index (χ2n) is 16.1. The monoisotopic (exact) mass is 713 g/mol. The molecule has 3 heterocycles. The summed E-state index contributed by atoms with van der Waals surface area (Å²) in [6, 6.07) is 13.9. The number of benzene rings is 2. The lowest BCUT2D eigenvalue weighted by molar-refractivity contribution is -0.144. The summed E-state index contributed by atoms with van der Waals surface area (Å²) in [6.07, 6.45) is 13.4. The van der Waals surface area contributed by atoms with Gasteiger partial charge in [0.25, 0.3) is 0 Å². The molecule has 3 atom stereocenters. The summed E-state index contributed by atoms with van der Waals surface area (Å²) in [6.45, 7) is 7.61. The fourth-order valence-electron chi connectivity index (χ4n) is 9.90. The quantitative estimate of drug-likeness (QED) is 0.218. The van der Waals surface area contributed by atoms with Gasteiger partial charge in [-0.25, -0.2) is 4.79 Å². The highest BCUT2D eigenvalue weighted by Crippen LogP contribution is 2.58. The number of carboxylic acid groups (broad SMARTS) is 1. The number of hydrogen-bond acceptors (Lipinski definition) is 7. The molecule has 3 aliphatic carbocycles. The van der Waals surface area contributed by atoms with Crippen LogP contribution in [-0.4, -0.2) is 66.0 Å². The standard InChI is InChI=1S/C42H52ClN3O5/c1-28(25-49-37-11-16-44-36-10-3-2-9-34(36)37)19-31-20-30-21-38-39(51-27-29(26-50-38)24-46-17-4-5-18-46)23-35(30)41(31)12-14-42(15-13-41,40(47)48)45-33-8-6-7-32(43)22-33/h6-8,11,16,21-23,28-29,31,45H,2-5,9-10,12-15,17-20,24-27H2,1H3,(H,47,48)/t28-,29?,31?,41?,42?/m1/s1. The van der Waals surface area contributed by atoms with Crippen LogP contribution >= 0.6 is 11.6 Å². The van der Waals surface area contributed by atoms with E-state index in [1.807, 2.05) is 36.5 Å². The lowest BCUT2D eigenvalue weighted by atomic mass is 9.59. The van der Waals surface area contributed by atoms with Gasteiger partial charge in [0.15, 0.2) is 11.5 Å². The van der Waals surface area contributed by atoms with E-state index in [4.69, 9.17) is 25.8 Å². The van der Waals surface area contributed by atoms with E-state index in [-0.39, 0.29) is 5.41 Å². The lowest BCUT2D eigenvalue weighted by Gasteiger charge is -2.47. The first-order valence-electron chi connectivity index (χ1n) is 19.3. The zero-order chi connectivity index (χ0) is 35.0. The van der Waals surface area contributed by atoms with E-state index in [0.29, 0.717) is 55.4 Å². The second kappa shape index (κ2) is 14.5. The molecule has 2 fully saturated rings. The number of rotatable bonds is 10. The summed E-state index contributed by atoms with van der Waals surface area (Å²) in [5, 5.41) is 14.7. The van der Waals surface area contributed by atoms with Gasteiger partial charge in [-0.3, -0.25) is 4.98 Å². The average Bonchev–Trinajstić information content (AvgIpc) is 3.68. The highest BCUT2D eigenvalue weighted by molar-refractivity contribution is 6.30. The second-order valence-corrected chi connectivity index (χ2v) is 16.6. The molecule has 8 rings (SSSR count). The number of ether oxygens (including phenoxy) is 3. The van der Waals surface area contributed by atoms with E-state index in [0.717, 1.165) is 68.0 Å². The molecule has 1 saturated carbocycles. The SMILES string of the molecule is C[C@@H](COc1ccnc2c1CCCC2)CC1Cc2cc3c(cc2C12CCC(Nc1cccc(Cl)c1)(C(=O)O)CC2)OCC(CN1CCCC1)CO3. The van der Waals surface area contributed by atoms with Gasteiger partial charge in [0.1, 0.15) is 11.3 Å². The van der Waals surface area contributed by atoms with Gasteiger partial charge < -0.3 is 29.5 Å². The third-order valence-corrected chi connectivity index (χ3v) is 12.9. The first-order chi connectivity index (χ1) is 24.8. The summed E-state index contributed by atoms with van der Waals surface area (Å²) >= 11 is 6.30. The van der Waals surface area contributed by atoms with Crippen molar-refractivity contribution in [3.63, 3.8) is 0 Å². The number of carboxylic acids is 1. The minimum Gasteiger partial charge on any atom is -0.493 e. The van der Waals surface area contributed by atoms with Crippen molar-refractivity contribution < 1.29 is 24.1 Å². The molecule has 0 amide bonds. The van der Waals surface area contributed by atoms with Gasteiger partial charge in [-0.05, 0) is 155 Å². The van der Waals surface area contributed by atoms with Crippen LogP contribution in [0.15, 0.2) is 48.7 Å². The van der Waals surface area contributed by atoms with Gasteiger partial charge >= 0.3 is 5.97 Å². The van der Waals surface area contributed by atoms with E-state index in [9.17, 15) is 9.90 Å². The van der Waals surface area contributed by atoms with E-state index in [2.05, 4.69) is 34.3 Å². The van der Waals surface area contributed by atoms with E-state index >= 15 is 0 Å². The number of nitrogens with one attached hydrogen (secondary N) is 1. The van der Waals surface area contributed by atoms with Crippen molar-refractivity contribution in [1.82, 2.24) is 9.88 Å². The Labute approximate surface area is 307 Å². The van der Waals surface area contributed by atoms with Crippen molar-refractivity contribution in [2.75, 3.05) is 44.8 Å². The summed E-state index contributed by atoms with van der Waals surface area (Å²) in [4.78, 5) is 20.2. The van der Waals surface area contributed by atoms with Crippen LogP contribution in [0.1, 0.15) is 87.1 Å². The van der Waals surface area contributed by atoms with Crippen molar-refractivity contribution in [1.29, 1.82) is 0 Å². The van der Waals surface area contributed by atoms with Crippen LogP contribution in [-0.2, 0) is 29.5 Å². The maximum Gasteiger partial charge on any atom is 0.329 e. The number of nitrogens with zero attached hydrogens (tertiary/aromatic N) is 2. The summed E-state index contributed by atoms with van der Waals surface area (Å²) in [5.41, 5.74) is 4.65. The topological polar surface area (TPSA) is 93.2 Å². The van der Waals surface area contributed by atoms with Crippen LogP contribution in [0, 0.1) is 17.8 Å². The Balaban J connectivity index is 1.04.